The summed E-state index contributed by atoms with van der Waals surface area (Å²) in [6, 6.07) is 13.3. The molecule has 0 aliphatic rings. The number of hydrogen-bond donors (Lipinski definition) is 2. The average Bonchev–Trinajstić information content (AvgIpc) is 2.80. The minimum absolute atomic E-state index is 0.00384. The van der Waals surface area contributed by atoms with Gasteiger partial charge in [0, 0.05) is 0 Å². The van der Waals surface area contributed by atoms with E-state index in [0.717, 1.165) is 0 Å². The van der Waals surface area contributed by atoms with Crippen LogP contribution in [0.4, 0.5) is 14.5 Å². The fraction of sp³-hybridized carbons (Fsp3) is 0.318. The third-order valence-electron chi connectivity index (χ3n) is 4.07. The van der Waals surface area contributed by atoms with Gasteiger partial charge in [-0.25, -0.2) is 4.79 Å². The SMILES string of the molecule is CSCC[C@H](NC(=O)COc1ccccc1)C(=O)OCC(=O)Nc1ccccc1OC(F)F. The van der Waals surface area contributed by atoms with Crippen molar-refractivity contribution < 1.29 is 37.4 Å². The second kappa shape index (κ2) is 13.9. The number of benzene rings is 2. The summed E-state index contributed by atoms with van der Waals surface area (Å²) < 4.78 is 39.7. The van der Waals surface area contributed by atoms with Crippen LogP contribution in [-0.4, -0.2) is 55.7 Å². The number of amides is 2. The van der Waals surface area contributed by atoms with E-state index in [1.165, 1.54) is 36.0 Å². The largest absolute Gasteiger partial charge is 0.484 e. The lowest BCUT2D eigenvalue weighted by atomic mass is 10.2. The maximum atomic E-state index is 12.5. The average molecular weight is 483 g/mol. The molecular formula is C22H24F2N2O6S. The van der Waals surface area contributed by atoms with Crippen LogP contribution in [0.2, 0.25) is 0 Å². The second-order valence-corrected chi connectivity index (χ2v) is 7.52. The first-order valence-corrected chi connectivity index (χ1v) is 11.2. The first-order valence-electron chi connectivity index (χ1n) is 9.85. The van der Waals surface area contributed by atoms with Crippen LogP contribution in [-0.2, 0) is 19.1 Å². The Kier molecular flexibility index (Phi) is 10.9. The second-order valence-electron chi connectivity index (χ2n) is 6.53. The Labute approximate surface area is 194 Å². The van der Waals surface area contributed by atoms with E-state index >= 15 is 0 Å². The van der Waals surface area contributed by atoms with Gasteiger partial charge < -0.3 is 24.8 Å². The van der Waals surface area contributed by atoms with Gasteiger partial charge in [-0.1, -0.05) is 30.3 Å². The highest BCUT2D eigenvalue weighted by molar-refractivity contribution is 7.98. The molecular weight excluding hydrogens is 458 g/mol. The minimum Gasteiger partial charge on any atom is -0.484 e. The number of carbonyl (C=O) groups excluding carboxylic acids is 3. The molecule has 178 valence electrons. The van der Waals surface area contributed by atoms with Crippen LogP contribution in [0, 0.1) is 0 Å². The normalized spacial score (nSPS) is 11.4. The Hall–Kier alpha value is -3.34. The third kappa shape index (κ3) is 9.77. The molecule has 0 radical (unpaired) electrons. The highest BCUT2D eigenvalue weighted by atomic mass is 32.2. The summed E-state index contributed by atoms with van der Waals surface area (Å²) >= 11 is 1.47. The summed E-state index contributed by atoms with van der Waals surface area (Å²) in [5.74, 6) is -1.24. The van der Waals surface area contributed by atoms with Crippen LogP contribution in [0.5, 0.6) is 11.5 Å². The van der Waals surface area contributed by atoms with E-state index in [4.69, 9.17) is 9.47 Å². The lowest BCUT2D eigenvalue weighted by Gasteiger charge is -2.18. The monoisotopic (exact) mass is 482 g/mol. The highest BCUT2D eigenvalue weighted by Gasteiger charge is 2.23. The van der Waals surface area contributed by atoms with Crippen LogP contribution in [0.15, 0.2) is 54.6 Å². The summed E-state index contributed by atoms with van der Waals surface area (Å²) in [6.45, 7) is -4.03. The maximum absolute atomic E-state index is 12.5. The van der Waals surface area contributed by atoms with Gasteiger partial charge in [-0.15, -0.1) is 0 Å². The van der Waals surface area contributed by atoms with E-state index < -0.39 is 37.0 Å². The topological polar surface area (TPSA) is 103 Å². The Morgan fingerprint density at radius 3 is 2.36 bits per heavy atom. The van der Waals surface area contributed by atoms with Gasteiger partial charge in [0.25, 0.3) is 11.8 Å². The molecule has 2 aromatic carbocycles. The first kappa shape index (κ1) is 25.9. The van der Waals surface area contributed by atoms with Crippen molar-refractivity contribution in [1.82, 2.24) is 5.32 Å². The summed E-state index contributed by atoms with van der Waals surface area (Å²) in [7, 11) is 0. The zero-order chi connectivity index (χ0) is 24.1. The van der Waals surface area contributed by atoms with Gasteiger partial charge in [-0.3, -0.25) is 9.59 Å². The summed E-state index contributed by atoms with van der Waals surface area (Å²) in [5.41, 5.74) is 0.00384. The van der Waals surface area contributed by atoms with E-state index in [9.17, 15) is 23.2 Å². The quantitative estimate of drug-likeness (QED) is 0.423. The number of hydrogen-bond acceptors (Lipinski definition) is 7. The molecule has 2 aromatic rings. The number of halogens is 2. The molecule has 0 aliphatic carbocycles. The van der Waals surface area contributed by atoms with Crippen molar-refractivity contribution in [3.8, 4) is 11.5 Å². The van der Waals surface area contributed by atoms with Crippen molar-refractivity contribution in [2.75, 3.05) is 30.5 Å². The lowest BCUT2D eigenvalue weighted by molar-refractivity contribution is -0.150. The van der Waals surface area contributed by atoms with Crippen LogP contribution in [0.25, 0.3) is 0 Å². The fourth-order valence-corrected chi connectivity index (χ4v) is 3.05. The first-order chi connectivity index (χ1) is 15.9. The third-order valence-corrected chi connectivity index (χ3v) is 4.71. The zero-order valence-corrected chi connectivity index (χ0v) is 18.6. The Bertz CT molecular complexity index is 917. The van der Waals surface area contributed by atoms with Gasteiger partial charge in [0.15, 0.2) is 13.2 Å². The van der Waals surface area contributed by atoms with E-state index in [1.807, 2.05) is 12.3 Å². The molecule has 1 atom stereocenters. The van der Waals surface area contributed by atoms with E-state index in [0.29, 0.717) is 11.5 Å². The van der Waals surface area contributed by atoms with Crippen LogP contribution < -0.4 is 20.1 Å². The smallest absolute Gasteiger partial charge is 0.387 e. The number of esters is 1. The lowest BCUT2D eigenvalue weighted by Crippen LogP contribution is -2.44. The highest BCUT2D eigenvalue weighted by Crippen LogP contribution is 2.25. The molecule has 0 heterocycles. The zero-order valence-electron chi connectivity index (χ0n) is 17.8. The number of para-hydroxylation sites is 3. The van der Waals surface area contributed by atoms with Crippen molar-refractivity contribution >= 4 is 35.2 Å². The van der Waals surface area contributed by atoms with Crippen LogP contribution in [0.3, 0.4) is 0 Å². The molecule has 2 rings (SSSR count). The molecule has 0 saturated heterocycles. The van der Waals surface area contributed by atoms with E-state index in [2.05, 4.69) is 15.4 Å². The number of nitrogens with one attached hydrogen (secondary N) is 2. The molecule has 0 saturated carbocycles. The number of carbonyl (C=O) groups is 3. The van der Waals surface area contributed by atoms with Crippen LogP contribution in [0.1, 0.15) is 6.42 Å². The van der Waals surface area contributed by atoms with E-state index in [1.54, 1.807) is 24.3 Å². The van der Waals surface area contributed by atoms with Gasteiger partial charge in [-0.05, 0) is 42.7 Å². The molecule has 11 heteroatoms. The number of ether oxygens (including phenoxy) is 3. The minimum atomic E-state index is -3.06. The fourth-order valence-electron chi connectivity index (χ4n) is 2.58. The molecule has 33 heavy (non-hydrogen) atoms. The molecule has 0 bridgehead atoms. The maximum Gasteiger partial charge on any atom is 0.387 e. The summed E-state index contributed by atoms with van der Waals surface area (Å²) in [5, 5.41) is 4.89. The molecule has 0 fully saturated rings. The summed E-state index contributed by atoms with van der Waals surface area (Å²) in [6.07, 6.45) is 2.12. The Morgan fingerprint density at radius 1 is 0.970 bits per heavy atom. The number of rotatable bonds is 13. The van der Waals surface area contributed by atoms with Gasteiger partial charge in [0.05, 0.1) is 5.69 Å². The summed E-state index contributed by atoms with van der Waals surface area (Å²) in [4.78, 5) is 36.8. The molecule has 2 N–H and O–H groups in total. The molecule has 0 spiro atoms. The molecule has 8 nitrogen and oxygen atoms in total. The number of alkyl halides is 2. The Balaban J connectivity index is 1.87. The van der Waals surface area contributed by atoms with Crippen molar-refractivity contribution in [2.24, 2.45) is 0 Å². The molecule has 0 aromatic heterocycles. The predicted octanol–water partition coefficient (Wildman–Crippen LogP) is 3.09. The molecule has 0 aliphatic heterocycles. The number of anilines is 1. The Morgan fingerprint density at radius 2 is 1.67 bits per heavy atom. The van der Waals surface area contributed by atoms with Gasteiger partial charge in [0.2, 0.25) is 0 Å². The van der Waals surface area contributed by atoms with Crippen molar-refractivity contribution in [3.63, 3.8) is 0 Å². The standard InChI is InChI=1S/C22H24F2N2O6S/c1-33-12-11-17(26-19(27)13-30-15-7-3-2-4-8-15)21(29)31-14-20(28)25-16-9-5-6-10-18(16)32-22(23)24/h2-10,17,22H,11-14H2,1H3,(H,25,28)(H,26,27)/t17-/m0/s1. The van der Waals surface area contributed by atoms with Gasteiger partial charge >= 0.3 is 12.6 Å². The van der Waals surface area contributed by atoms with Crippen molar-refractivity contribution in [1.29, 1.82) is 0 Å². The van der Waals surface area contributed by atoms with Gasteiger partial charge in [-0.2, -0.15) is 20.5 Å². The predicted molar refractivity (Wildman–Crippen MR) is 120 cm³/mol. The van der Waals surface area contributed by atoms with Crippen molar-refractivity contribution in [3.05, 3.63) is 54.6 Å². The molecule has 0 unspecified atom stereocenters. The number of thioether (sulfide) groups is 1. The van der Waals surface area contributed by atoms with Gasteiger partial charge in [0.1, 0.15) is 17.5 Å². The molecule has 2 amide bonds. The van der Waals surface area contributed by atoms with E-state index in [-0.39, 0.29) is 24.5 Å². The van der Waals surface area contributed by atoms with Crippen molar-refractivity contribution in [2.45, 2.75) is 19.1 Å². The van der Waals surface area contributed by atoms with Crippen LogP contribution >= 0.6 is 11.8 Å².